The topological polar surface area (TPSA) is 21.3 Å². The zero-order valence-electron chi connectivity index (χ0n) is 10.5. The summed E-state index contributed by atoms with van der Waals surface area (Å²) >= 11 is 0. The molecule has 2 nitrogen and oxygen atoms in total. The summed E-state index contributed by atoms with van der Waals surface area (Å²) in [6.45, 7) is 5.15. The number of rotatable bonds is 11. The first-order valence-corrected chi connectivity index (χ1v) is 6.29. The number of hydrogen-bond acceptors (Lipinski definition) is 2. The van der Waals surface area contributed by atoms with Crippen LogP contribution in [-0.2, 0) is 4.74 Å². The van der Waals surface area contributed by atoms with Crippen LogP contribution in [0, 0.1) is 0 Å². The molecule has 0 aliphatic heterocycles. The highest BCUT2D eigenvalue weighted by Crippen LogP contribution is 2.07. The first-order chi connectivity index (χ1) is 7.70. The van der Waals surface area contributed by atoms with Gasteiger partial charge >= 0.3 is 0 Å². The van der Waals surface area contributed by atoms with Crippen LogP contribution in [0.4, 0.5) is 8.78 Å². The van der Waals surface area contributed by atoms with Crippen LogP contribution in [0.2, 0.25) is 0 Å². The van der Waals surface area contributed by atoms with Gasteiger partial charge in [-0.15, -0.1) is 0 Å². The molecule has 1 unspecified atom stereocenters. The van der Waals surface area contributed by atoms with Crippen molar-refractivity contribution < 1.29 is 13.5 Å². The lowest BCUT2D eigenvalue weighted by Crippen LogP contribution is -2.30. The highest BCUT2D eigenvalue weighted by Gasteiger charge is 2.08. The molecule has 4 heteroatoms. The number of unbranched alkanes of at least 4 members (excludes halogenated alkanes) is 2. The molecule has 0 radical (unpaired) electrons. The molecular weight excluding hydrogens is 212 g/mol. The zero-order chi connectivity index (χ0) is 12.2. The van der Waals surface area contributed by atoms with Crippen molar-refractivity contribution in [1.82, 2.24) is 5.32 Å². The SMILES string of the molecule is CCCCCC(CCOCC(F)F)NCC. The first-order valence-electron chi connectivity index (χ1n) is 6.29. The summed E-state index contributed by atoms with van der Waals surface area (Å²) in [4.78, 5) is 0. The minimum absolute atomic E-state index is 0.411. The predicted molar refractivity (Wildman–Crippen MR) is 63.0 cm³/mol. The van der Waals surface area contributed by atoms with Crippen molar-refractivity contribution in [2.24, 2.45) is 0 Å². The van der Waals surface area contributed by atoms with Crippen molar-refractivity contribution in [3.8, 4) is 0 Å². The average molecular weight is 237 g/mol. The van der Waals surface area contributed by atoms with Crippen molar-refractivity contribution in [3.05, 3.63) is 0 Å². The van der Waals surface area contributed by atoms with Crippen LogP contribution in [0.5, 0.6) is 0 Å². The fourth-order valence-corrected chi connectivity index (χ4v) is 1.68. The van der Waals surface area contributed by atoms with Crippen molar-refractivity contribution in [2.45, 2.75) is 58.4 Å². The Bertz CT molecular complexity index is 145. The largest absolute Gasteiger partial charge is 0.375 e. The third-order valence-corrected chi connectivity index (χ3v) is 2.50. The molecule has 0 spiro atoms. The summed E-state index contributed by atoms with van der Waals surface area (Å²) < 4.78 is 28.5. The van der Waals surface area contributed by atoms with E-state index < -0.39 is 13.0 Å². The van der Waals surface area contributed by atoms with Gasteiger partial charge in [-0.2, -0.15) is 0 Å². The molecule has 1 atom stereocenters. The van der Waals surface area contributed by atoms with Gasteiger partial charge in [0.05, 0.1) is 0 Å². The molecule has 0 rings (SSSR count). The number of ether oxygens (including phenoxy) is 1. The Balaban J connectivity index is 3.51. The monoisotopic (exact) mass is 237 g/mol. The molecule has 0 aliphatic carbocycles. The Hall–Kier alpha value is -0.220. The Kier molecular flexibility index (Phi) is 11.1. The zero-order valence-corrected chi connectivity index (χ0v) is 10.5. The lowest BCUT2D eigenvalue weighted by atomic mass is 10.1. The number of nitrogens with one attached hydrogen (secondary N) is 1. The van der Waals surface area contributed by atoms with Crippen LogP contribution >= 0.6 is 0 Å². The molecule has 0 saturated carbocycles. The summed E-state index contributed by atoms with van der Waals surface area (Å²) in [7, 11) is 0. The highest BCUT2D eigenvalue weighted by molar-refractivity contribution is 4.65. The van der Waals surface area contributed by atoms with Gasteiger partial charge in [0.2, 0.25) is 0 Å². The molecule has 1 N–H and O–H groups in total. The summed E-state index contributed by atoms with van der Waals surface area (Å²) in [6, 6.07) is 0.411. The minimum atomic E-state index is -2.35. The quantitative estimate of drug-likeness (QED) is 0.557. The van der Waals surface area contributed by atoms with Crippen LogP contribution in [0.25, 0.3) is 0 Å². The van der Waals surface area contributed by atoms with Crippen molar-refractivity contribution >= 4 is 0 Å². The standard InChI is InChI=1S/C12H25F2NO/c1-3-5-6-7-11(15-4-2)8-9-16-10-12(13)14/h11-12,15H,3-10H2,1-2H3. The molecule has 98 valence electrons. The molecule has 0 amide bonds. The van der Waals surface area contributed by atoms with Gasteiger partial charge in [-0.1, -0.05) is 33.1 Å². The fraction of sp³-hybridized carbons (Fsp3) is 1.00. The highest BCUT2D eigenvalue weighted by atomic mass is 19.3. The van der Waals surface area contributed by atoms with E-state index in [0.717, 1.165) is 19.4 Å². The van der Waals surface area contributed by atoms with Gasteiger partial charge < -0.3 is 10.1 Å². The van der Waals surface area contributed by atoms with E-state index in [-0.39, 0.29) is 0 Å². The molecular formula is C12H25F2NO. The van der Waals surface area contributed by atoms with Crippen molar-refractivity contribution in [2.75, 3.05) is 19.8 Å². The second kappa shape index (κ2) is 11.3. The maximum atomic E-state index is 11.8. The van der Waals surface area contributed by atoms with E-state index in [0.29, 0.717) is 12.6 Å². The normalized spacial score (nSPS) is 13.3. The van der Waals surface area contributed by atoms with Crippen LogP contribution in [0.15, 0.2) is 0 Å². The number of hydrogen-bond donors (Lipinski definition) is 1. The lowest BCUT2D eigenvalue weighted by molar-refractivity contribution is 0.0142. The van der Waals surface area contributed by atoms with Gasteiger partial charge in [-0.05, 0) is 19.4 Å². The van der Waals surface area contributed by atoms with Crippen molar-refractivity contribution in [3.63, 3.8) is 0 Å². The van der Waals surface area contributed by atoms with E-state index >= 15 is 0 Å². The predicted octanol–water partition coefficient (Wildman–Crippen LogP) is 3.22. The van der Waals surface area contributed by atoms with E-state index in [2.05, 4.69) is 19.2 Å². The average Bonchev–Trinajstić information content (AvgIpc) is 2.24. The van der Waals surface area contributed by atoms with Gasteiger partial charge in [0.1, 0.15) is 6.61 Å². The van der Waals surface area contributed by atoms with Gasteiger partial charge in [-0.3, -0.25) is 0 Å². The van der Waals surface area contributed by atoms with Crippen LogP contribution < -0.4 is 5.32 Å². The second-order valence-electron chi connectivity index (χ2n) is 4.01. The van der Waals surface area contributed by atoms with Gasteiger partial charge in [0.25, 0.3) is 6.43 Å². The maximum Gasteiger partial charge on any atom is 0.261 e. The molecule has 0 saturated heterocycles. The Morgan fingerprint density at radius 3 is 2.44 bits per heavy atom. The molecule has 0 fully saturated rings. The molecule has 0 bridgehead atoms. The fourth-order valence-electron chi connectivity index (χ4n) is 1.68. The van der Waals surface area contributed by atoms with E-state index in [9.17, 15) is 8.78 Å². The second-order valence-corrected chi connectivity index (χ2v) is 4.01. The van der Waals surface area contributed by atoms with E-state index in [1.165, 1.54) is 19.3 Å². The summed E-state index contributed by atoms with van der Waals surface area (Å²) in [5, 5.41) is 3.36. The summed E-state index contributed by atoms with van der Waals surface area (Å²) in [6.07, 6.45) is 3.23. The summed E-state index contributed by atoms with van der Waals surface area (Å²) in [5.41, 5.74) is 0. The Morgan fingerprint density at radius 1 is 1.12 bits per heavy atom. The van der Waals surface area contributed by atoms with E-state index in [1.807, 2.05) is 0 Å². The first kappa shape index (κ1) is 15.8. The molecule has 0 heterocycles. The van der Waals surface area contributed by atoms with Gasteiger partial charge in [-0.25, -0.2) is 8.78 Å². The molecule has 0 aromatic heterocycles. The minimum Gasteiger partial charge on any atom is -0.375 e. The molecule has 16 heavy (non-hydrogen) atoms. The Labute approximate surface area is 97.7 Å². The molecule has 0 aliphatic rings. The lowest BCUT2D eigenvalue weighted by Gasteiger charge is -2.17. The van der Waals surface area contributed by atoms with E-state index in [4.69, 9.17) is 4.74 Å². The number of alkyl halides is 2. The maximum absolute atomic E-state index is 11.8. The van der Waals surface area contributed by atoms with Crippen LogP contribution in [-0.4, -0.2) is 32.2 Å². The molecule has 0 aromatic rings. The van der Waals surface area contributed by atoms with Crippen molar-refractivity contribution in [1.29, 1.82) is 0 Å². The third-order valence-electron chi connectivity index (χ3n) is 2.50. The van der Waals surface area contributed by atoms with Crippen LogP contribution in [0.3, 0.4) is 0 Å². The van der Waals surface area contributed by atoms with Gasteiger partial charge in [0, 0.05) is 12.6 Å². The summed E-state index contributed by atoms with van der Waals surface area (Å²) in [5.74, 6) is 0. The van der Waals surface area contributed by atoms with Gasteiger partial charge in [0.15, 0.2) is 0 Å². The smallest absolute Gasteiger partial charge is 0.261 e. The van der Waals surface area contributed by atoms with Crippen LogP contribution in [0.1, 0.15) is 46.0 Å². The molecule has 0 aromatic carbocycles. The Morgan fingerprint density at radius 2 is 1.88 bits per heavy atom. The third kappa shape index (κ3) is 10.3. The number of halogens is 2. The van der Waals surface area contributed by atoms with E-state index in [1.54, 1.807) is 0 Å².